The van der Waals surface area contributed by atoms with Crippen LogP contribution < -0.4 is 4.74 Å². The highest BCUT2D eigenvalue weighted by molar-refractivity contribution is 8.16. The fraction of sp³-hybridized carbons (Fsp3) is 0.481. The number of fused-ring (bicyclic) bond motifs is 1. The van der Waals surface area contributed by atoms with Crippen molar-refractivity contribution in [2.75, 3.05) is 33.3 Å². The van der Waals surface area contributed by atoms with Gasteiger partial charge in [-0.25, -0.2) is 9.79 Å². The van der Waals surface area contributed by atoms with E-state index in [9.17, 15) is 14.4 Å². The van der Waals surface area contributed by atoms with Gasteiger partial charge in [-0.2, -0.15) is 0 Å². The first-order chi connectivity index (χ1) is 17.5. The molecule has 0 bridgehead atoms. The molecular weight excluding hydrogens is 492 g/mol. The SMILES string of the molecule is COc1ccc(C2C(C(=O)OC(C)(C)C)=C(C)N=C3SC=C(CC(=O)N4CCN(C(C)=O)CC4)N32)cc1. The lowest BCUT2D eigenvalue weighted by molar-refractivity contribution is -0.150. The van der Waals surface area contributed by atoms with Crippen LogP contribution in [0.4, 0.5) is 0 Å². The van der Waals surface area contributed by atoms with Crippen molar-refractivity contribution in [2.45, 2.75) is 52.7 Å². The molecule has 4 rings (SSSR count). The minimum Gasteiger partial charge on any atom is -0.497 e. The molecule has 0 spiro atoms. The fourth-order valence-corrected chi connectivity index (χ4v) is 5.57. The molecule has 1 aromatic carbocycles. The number of hydrogen-bond donors (Lipinski definition) is 0. The molecule has 0 aromatic heterocycles. The Hall–Kier alpha value is -3.27. The van der Waals surface area contributed by atoms with E-state index in [1.165, 1.54) is 11.8 Å². The highest BCUT2D eigenvalue weighted by Crippen LogP contribution is 2.45. The number of ether oxygens (including phenoxy) is 2. The van der Waals surface area contributed by atoms with Gasteiger partial charge in [0.2, 0.25) is 11.8 Å². The highest BCUT2D eigenvalue weighted by Gasteiger charge is 2.42. The molecule has 3 heterocycles. The number of hydrogen-bond acceptors (Lipinski definition) is 8. The number of rotatable bonds is 5. The standard InChI is InChI=1S/C27H34N4O5S/c1-17-23(25(34)36-27(3,4)5)24(19-7-9-21(35-6)10-8-19)31-20(16-37-26(31)28-17)15-22(33)30-13-11-29(12-14-30)18(2)32/h7-10,16,24H,11-15H2,1-6H3. The van der Waals surface area contributed by atoms with E-state index in [4.69, 9.17) is 14.5 Å². The molecule has 2 amide bonds. The van der Waals surface area contributed by atoms with Crippen molar-refractivity contribution in [3.63, 3.8) is 0 Å². The summed E-state index contributed by atoms with van der Waals surface area (Å²) in [4.78, 5) is 48.6. The summed E-state index contributed by atoms with van der Waals surface area (Å²) in [6, 6.07) is 7.06. The van der Waals surface area contributed by atoms with Gasteiger partial charge in [0, 0.05) is 38.8 Å². The largest absolute Gasteiger partial charge is 0.497 e. The highest BCUT2D eigenvalue weighted by atomic mass is 32.2. The van der Waals surface area contributed by atoms with E-state index in [0.717, 1.165) is 16.4 Å². The summed E-state index contributed by atoms with van der Waals surface area (Å²) in [6.45, 7) is 10.9. The van der Waals surface area contributed by atoms with E-state index in [1.54, 1.807) is 23.8 Å². The Bertz CT molecular complexity index is 1170. The summed E-state index contributed by atoms with van der Waals surface area (Å²) in [5, 5.41) is 2.65. The van der Waals surface area contributed by atoms with Crippen LogP contribution in [0.1, 0.15) is 52.6 Å². The second-order valence-electron chi connectivity index (χ2n) is 10.2. The number of amidine groups is 1. The molecule has 0 saturated carbocycles. The molecule has 1 fully saturated rings. The minimum absolute atomic E-state index is 0.0186. The number of piperazine rings is 1. The van der Waals surface area contributed by atoms with Gasteiger partial charge >= 0.3 is 5.97 Å². The first kappa shape index (κ1) is 26.8. The van der Waals surface area contributed by atoms with Crippen molar-refractivity contribution in [2.24, 2.45) is 4.99 Å². The van der Waals surface area contributed by atoms with E-state index in [2.05, 4.69) is 0 Å². The van der Waals surface area contributed by atoms with Crippen LogP contribution in [0.25, 0.3) is 0 Å². The number of aliphatic imine (C=N–C) groups is 1. The third kappa shape index (κ3) is 5.84. The normalized spacial score (nSPS) is 19.8. The summed E-state index contributed by atoms with van der Waals surface area (Å²) in [5.74, 6) is 0.279. The van der Waals surface area contributed by atoms with Crippen LogP contribution in [0.3, 0.4) is 0 Å². The van der Waals surface area contributed by atoms with Crippen LogP contribution >= 0.6 is 11.8 Å². The molecule has 3 aliphatic rings. The lowest BCUT2D eigenvalue weighted by atomic mass is 9.93. The van der Waals surface area contributed by atoms with Crippen molar-refractivity contribution >= 4 is 34.7 Å². The number of carbonyl (C=O) groups excluding carboxylic acids is 3. The monoisotopic (exact) mass is 526 g/mol. The lowest BCUT2D eigenvalue weighted by Crippen LogP contribution is -2.50. The molecule has 0 aliphatic carbocycles. The van der Waals surface area contributed by atoms with E-state index >= 15 is 0 Å². The molecule has 0 N–H and O–H groups in total. The Morgan fingerprint density at radius 3 is 2.24 bits per heavy atom. The van der Waals surface area contributed by atoms with Crippen molar-refractivity contribution in [3.8, 4) is 5.75 Å². The zero-order valence-electron chi connectivity index (χ0n) is 22.2. The number of nitrogens with zero attached hydrogens (tertiary/aromatic N) is 4. The zero-order chi connectivity index (χ0) is 26.9. The quantitative estimate of drug-likeness (QED) is 0.541. The Morgan fingerprint density at radius 2 is 1.68 bits per heavy atom. The van der Waals surface area contributed by atoms with Gasteiger partial charge in [-0.15, -0.1) is 0 Å². The topological polar surface area (TPSA) is 91.7 Å². The molecule has 198 valence electrons. The van der Waals surface area contributed by atoms with Crippen LogP contribution in [0, 0.1) is 0 Å². The molecule has 10 heteroatoms. The van der Waals surface area contributed by atoms with E-state index < -0.39 is 17.6 Å². The van der Waals surface area contributed by atoms with Crippen molar-refractivity contribution in [1.29, 1.82) is 0 Å². The number of methoxy groups -OCH3 is 1. The molecule has 1 saturated heterocycles. The summed E-state index contributed by atoms with van der Waals surface area (Å²) in [5.41, 5.74) is 2.01. The molecule has 1 atom stereocenters. The lowest BCUT2D eigenvalue weighted by Gasteiger charge is -2.38. The van der Waals surface area contributed by atoms with Crippen molar-refractivity contribution < 1.29 is 23.9 Å². The average molecular weight is 527 g/mol. The summed E-state index contributed by atoms with van der Waals surface area (Å²) < 4.78 is 11.1. The van der Waals surface area contributed by atoms with Crippen LogP contribution in [0.2, 0.25) is 0 Å². The predicted octanol–water partition coefficient (Wildman–Crippen LogP) is 3.69. The molecule has 0 radical (unpaired) electrons. The van der Waals surface area contributed by atoms with Crippen LogP contribution in [-0.2, 0) is 19.1 Å². The molecule has 1 unspecified atom stereocenters. The molecule has 1 aromatic rings. The Kier molecular flexibility index (Phi) is 7.68. The van der Waals surface area contributed by atoms with Crippen molar-refractivity contribution in [1.82, 2.24) is 14.7 Å². The summed E-state index contributed by atoms with van der Waals surface area (Å²) in [6.07, 6.45) is 0.166. The average Bonchev–Trinajstić information content (AvgIpc) is 3.23. The maximum absolute atomic E-state index is 13.4. The number of amides is 2. The Balaban J connectivity index is 1.63. The number of esters is 1. The van der Waals surface area contributed by atoms with Gasteiger partial charge in [-0.3, -0.25) is 9.59 Å². The number of allylic oxidation sites excluding steroid dienone is 1. The second kappa shape index (κ2) is 10.6. The Morgan fingerprint density at radius 1 is 1.05 bits per heavy atom. The van der Waals surface area contributed by atoms with Crippen LogP contribution in [0.5, 0.6) is 5.75 Å². The van der Waals surface area contributed by atoms with Gasteiger partial charge in [0.1, 0.15) is 11.4 Å². The molecular formula is C27H34N4O5S. The van der Waals surface area contributed by atoms with Gasteiger partial charge in [0.15, 0.2) is 5.17 Å². The number of carbonyl (C=O) groups is 3. The van der Waals surface area contributed by atoms with E-state index in [0.29, 0.717) is 43.2 Å². The van der Waals surface area contributed by atoms with Crippen LogP contribution in [-0.4, -0.2) is 76.5 Å². The summed E-state index contributed by atoms with van der Waals surface area (Å²) >= 11 is 1.44. The zero-order valence-corrected chi connectivity index (χ0v) is 23.1. The van der Waals surface area contributed by atoms with Gasteiger partial charge in [-0.05, 0) is 50.8 Å². The maximum atomic E-state index is 13.4. The maximum Gasteiger partial charge on any atom is 0.338 e. The third-order valence-electron chi connectivity index (χ3n) is 6.46. The van der Waals surface area contributed by atoms with Gasteiger partial charge in [-0.1, -0.05) is 23.9 Å². The van der Waals surface area contributed by atoms with Crippen molar-refractivity contribution in [3.05, 3.63) is 52.2 Å². The van der Waals surface area contributed by atoms with E-state index in [1.807, 2.05) is 62.3 Å². The third-order valence-corrected chi connectivity index (χ3v) is 7.35. The molecule has 9 nitrogen and oxygen atoms in total. The first-order valence-corrected chi connectivity index (χ1v) is 13.2. The predicted molar refractivity (Wildman–Crippen MR) is 143 cm³/mol. The smallest absolute Gasteiger partial charge is 0.338 e. The van der Waals surface area contributed by atoms with Gasteiger partial charge in [0.25, 0.3) is 0 Å². The molecule has 3 aliphatic heterocycles. The fourth-order valence-electron chi connectivity index (χ4n) is 4.60. The van der Waals surface area contributed by atoms with Gasteiger partial charge < -0.3 is 24.2 Å². The number of benzene rings is 1. The van der Waals surface area contributed by atoms with Crippen LogP contribution in [0.15, 0.2) is 51.6 Å². The van der Waals surface area contributed by atoms with E-state index in [-0.39, 0.29) is 18.2 Å². The second-order valence-corrected chi connectivity index (χ2v) is 11.1. The first-order valence-electron chi connectivity index (χ1n) is 12.3. The Labute approximate surface area is 222 Å². The number of thioether (sulfide) groups is 1. The molecule has 37 heavy (non-hydrogen) atoms. The summed E-state index contributed by atoms with van der Waals surface area (Å²) in [7, 11) is 1.61. The minimum atomic E-state index is -0.671. The van der Waals surface area contributed by atoms with Gasteiger partial charge in [0.05, 0.1) is 30.8 Å².